The molecule has 0 fully saturated rings. The summed E-state index contributed by atoms with van der Waals surface area (Å²) in [5, 5.41) is 12.3. The maximum atomic E-state index is 13.1. The molecule has 3 rings (SSSR count). The number of carbonyl (C=O) groups excluding carboxylic acids is 2. The van der Waals surface area contributed by atoms with E-state index >= 15 is 0 Å². The maximum absolute atomic E-state index is 13.1. The number of hydrogen-bond donors (Lipinski definition) is 2. The second-order valence-corrected chi connectivity index (χ2v) is 4.86. The molecule has 0 unspecified atom stereocenters. The first-order valence-corrected chi connectivity index (χ1v) is 6.37. The summed E-state index contributed by atoms with van der Waals surface area (Å²) in [6.45, 7) is 0. The lowest BCUT2D eigenvalue weighted by molar-refractivity contribution is -0.125. The number of halogens is 2. The molecule has 0 saturated carbocycles. The summed E-state index contributed by atoms with van der Waals surface area (Å²) in [7, 11) is 0. The predicted octanol–water partition coefficient (Wildman–Crippen LogP) is 1.59. The monoisotopic (exact) mass is 309 g/mol. The van der Waals surface area contributed by atoms with Gasteiger partial charge >= 0.3 is 0 Å². The van der Waals surface area contributed by atoms with E-state index in [9.17, 15) is 14.0 Å². The van der Waals surface area contributed by atoms with Gasteiger partial charge in [0.25, 0.3) is 0 Å². The zero-order chi connectivity index (χ0) is 15.0. The molecule has 2 aromatic rings. The first-order valence-electron chi connectivity index (χ1n) is 6.00. The topological polar surface area (TPSA) is 88.9 Å². The van der Waals surface area contributed by atoms with E-state index in [2.05, 4.69) is 20.8 Å². The Morgan fingerprint density at radius 3 is 3.10 bits per heavy atom. The number of rotatable bonds is 2. The van der Waals surface area contributed by atoms with E-state index in [-0.39, 0.29) is 23.3 Å². The molecule has 0 aliphatic carbocycles. The Kier molecular flexibility index (Phi) is 3.30. The van der Waals surface area contributed by atoms with Crippen LogP contribution in [0.2, 0.25) is 5.02 Å². The third kappa shape index (κ3) is 2.57. The van der Waals surface area contributed by atoms with Crippen molar-refractivity contribution in [1.82, 2.24) is 14.8 Å². The van der Waals surface area contributed by atoms with E-state index in [0.29, 0.717) is 5.69 Å². The Bertz CT molecular complexity index is 732. The Labute approximate surface area is 123 Å². The zero-order valence-electron chi connectivity index (χ0n) is 10.5. The van der Waals surface area contributed by atoms with Crippen molar-refractivity contribution in [3.8, 4) is 0 Å². The van der Waals surface area contributed by atoms with Crippen molar-refractivity contribution in [1.29, 1.82) is 0 Å². The summed E-state index contributed by atoms with van der Waals surface area (Å²) in [5.74, 6) is -1.13. The van der Waals surface area contributed by atoms with Gasteiger partial charge in [0.15, 0.2) is 0 Å². The van der Waals surface area contributed by atoms with Crippen molar-refractivity contribution in [3.05, 3.63) is 35.4 Å². The van der Waals surface area contributed by atoms with E-state index in [1.165, 1.54) is 23.0 Å². The van der Waals surface area contributed by atoms with Gasteiger partial charge in [-0.1, -0.05) is 11.6 Å². The number of carbonyl (C=O) groups is 2. The smallest absolute Gasteiger partial charge is 0.248 e. The molecule has 2 heterocycles. The average molecular weight is 310 g/mol. The van der Waals surface area contributed by atoms with Crippen molar-refractivity contribution in [2.45, 2.75) is 12.5 Å². The van der Waals surface area contributed by atoms with Gasteiger partial charge in [-0.15, -0.1) is 10.2 Å². The van der Waals surface area contributed by atoms with E-state index in [4.69, 9.17) is 11.6 Å². The van der Waals surface area contributed by atoms with E-state index in [1.54, 1.807) is 0 Å². The molecule has 1 aliphatic heterocycles. The maximum Gasteiger partial charge on any atom is 0.248 e. The second-order valence-electron chi connectivity index (χ2n) is 4.45. The molecule has 0 saturated heterocycles. The van der Waals surface area contributed by atoms with Crippen LogP contribution in [0.3, 0.4) is 0 Å². The lowest BCUT2D eigenvalue weighted by Crippen LogP contribution is -2.35. The van der Waals surface area contributed by atoms with Crippen LogP contribution in [0.4, 0.5) is 16.0 Å². The van der Waals surface area contributed by atoms with Gasteiger partial charge in [0, 0.05) is 5.69 Å². The summed E-state index contributed by atoms with van der Waals surface area (Å²) >= 11 is 5.65. The molecule has 2 N–H and O–H groups in total. The van der Waals surface area contributed by atoms with Crippen molar-refractivity contribution >= 4 is 35.1 Å². The molecule has 1 aromatic carbocycles. The molecule has 2 amide bonds. The summed E-state index contributed by atoms with van der Waals surface area (Å²) in [4.78, 5) is 23.8. The van der Waals surface area contributed by atoms with E-state index < -0.39 is 17.8 Å². The summed E-state index contributed by atoms with van der Waals surface area (Å²) in [6.07, 6.45) is 1.32. The van der Waals surface area contributed by atoms with Crippen LogP contribution in [-0.4, -0.2) is 26.6 Å². The highest BCUT2D eigenvalue weighted by Crippen LogP contribution is 2.25. The number of aromatic nitrogens is 3. The number of benzene rings is 1. The molecule has 1 atom stereocenters. The Morgan fingerprint density at radius 1 is 1.52 bits per heavy atom. The molecular formula is C12H9ClFN5O2. The molecule has 21 heavy (non-hydrogen) atoms. The number of hydrogen-bond acceptors (Lipinski definition) is 4. The van der Waals surface area contributed by atoms with Crippen molar-refractivity contribution in [3.63, 3.8) is 0 Å². The fourth-order valence-corrected chi connectivity index (χ4v) is 2.21. The van der Waals surface area contributed by atoms with Gasteiger partial charge in [-0.2, -0.15) is 0 Å². The van der Waals surface area contributed by atoms with Gasteiger partial charge in [-0.25, -0.2) is 4.39 Å². The normalized spacial score (nSPS) is 17.0. The fourth-order valence-electron chi connectivity index (χ4n) is 2.03. The lowest BCUT2D eigenvalue weighted by atomic mass is 10.1. The Hall–Kier alpha value is -2.48. The largest absolute Gasteiger partial charge is 0.324 e. The van der Waals surface area contributed by atoms with Gasteiger partial charge in [0.1, 0.15) is 18.2 Å². The van der Waals surface area contributed by atoms with Gasteiger partial charge in [-0.05, 0) is 18.2 Å². The number of nitrogens with one attached hydrogen (secondary N) is 2. The molecule has 1 aliphatic rings. The standard InChI is InChI=1S/C12H9ClFN5O2/c13-7-3-6(1-2-8(7)14)16-11(21)9-4-10(20)17-12-18-15-5-19(9)12/h1-3,5,9H,4H2,(H,16,21)(H,17,18,20)/t9-/m0/s1. The van der Waals surface area contributed by atoms with Gasteiger partial charge in [-0.3, -0.25) is 19.5 Å². The third-order valence-corrected chi connectivity index (χ3v) is 3.32. The summed E-state index contributed by atoms with van der Waals surface area (Å²) < 4.78 is 14.5. The van der Waals surface area contributed by atoms with Crippen LogP contribution in [0.25, 0.3) is 0 Å². The van der Waals surface area contributed by atoms with Gasteiger partial charge in [0.05, 0.1) is 11.4 Å². The number of amides is 2. The fraction of sp³-hybridized carbons (Fsp3) is 0.167. The molecule has 0 spiro atoms. The number of nitrogens with zero attached hydrogens (tertiary/aromatic N) is 3. The molecular weight excluding hydrogens is 301 g/mol. The van der Waals surface area contributed by atoms with Crippen molar-refractivity contribution in [2.24, 2.45) is 0 Å². The Morgan fingerprint density at radius 2 is 2.33 bits per heavy atom. The zero-order valence-corrected chi connectivity index (χ0v) is 11.3. The number of anilines is 2. The molecule has 0 radical (unpaired) electrons. The summed E-state index contributed by atoms with van der Waals surface area (Å²) in [5.41, 5.74) is 0.340. The SMILES string of the molecule is O=C1C[C@@H](C(=O)Nc2ccc(F)c(Cl)c2)n2cnnc2N1. The first kappa shape index (κ1) is 13.5. The summed E-state index contributed by atoms with van der Waals surface area (Å²) in [6, 6.07) is 3.06. The van der Waals surface area contributed by atoms with Crippen LogP contribution in [0, 0.1) is 5.82 Å². The second kappa shape index (κ2) is 5.13. The molecule has 0 bridgehead atoms. The van der Waals surface area contributed by atoms with Crippen LogP contribution >= 0.6 is 11.6 Å². The van der Waals surface area contributed by atoms with Crippen LogP contribution in [0.15, 0.2) is 24.5 Å². The van der Waals surface area contributed by atoms with Crippen LogP contribution in [0.5, 0.6) is 0 Å². The molecule has 9 heteroatoms. The quantitative estimate of drug-likeness (QED) is 0.881. The highest BCUT2D eigenvalue weighted by atomic mass is 35.5. The number of fused-ring (bicyclic) bond motifs is 1. The van der Waals surface area contributed by atoms with Crippen LogP contribution < -0.4 is 10.6 Å². The van der Waals surface area contributed by atoms with E-state index in [0.717, 1.165) is 6.07 Å². The van der Waals surface area contributed by atoms with Crippen LogP contribution in [-0.2, 0) is 9.59 Å². The minimum absolute atomic E-state index is 0.0359. The third-order valence-electron chi connectivity index (χ3n) is 3.03. The minimum Gasteiger partial charge on any atom is -0.324 e. The van der Waals surface area contributed by atoms with Crippen LogP contribution in [0.1, 0.15) is 12.5 Å². The molecule has 108 valence electrons. The molecule has 7 nitrogen and oxygen atoms in total. The predicted molar refractivity (Wildman–Crippen MR) is 72.3 cm³/mol. The average Bonchev–Trinajstić information content (AvgIpc) is 2.90. The van der Waals surface area contributed by atoms with Crippen molar-refractivity contribution < 1.29 is 14.0 Å². The van der Waals surface area contributed by atoms with Gasteiger partial charge < -0.3 is 5.32 Å². The molecule has 1 aromatic heterocycles. The van der Waals surface area contributed by atoms with Crippen molar-refractivity contribution in [2.75, 3.05) is 10.6 Å². The first-order chi connectivity index (χ1) is 10.0. The minimum atomic E-state index is -0.771. The van der Waals surface area contributed by atoms with E-state index in [1.807, 2.05) is 0 Å². The van der Waals surface area contributed by atoms with Gasteiger partial charge in [0.2, 0.25) is 17.8 Å². The highest BCUT2D eigenvalue weighted by molar-refractivity contribution is 6.31. The lowest BCUT2D eigenvalue weighted by Gasteiger charge is -2.23. The highest BCUT2D eigenvalue weighted by Gasteiger charge is 2.31. The Balaban J connectivity index is 1.83.